The molecular formula is C16H20N2O2. The second-order valence-electron chi connectivity index (χ2n) is 5.55. The minimum atomic E-state index is -0.170. The molecule has 2 aromatic rings. The molecule has 1 aliphatic rings. The fourth-order valence-corrected chi connectivity index (χ4v) is 2.86. The molecule has 0 saturated heterocycles. The first kappa shape index (κ1) is 13.2. The Morgan fingerprint density at radius 2 is 2.00 bits per heavy atom. The second-order valence-corrected chi connectivity index (χ2v) is 5.55. The lowest BCUT2D eigenvalue weighted by atomic mass is 9.95. The number of rotatable bonds is 2. The molecule has 3 rings (SSSR count). The van der Waals surface area contributed by atoms with Gasteiger partial charge < -0.3 is 15.6 Å². The molecule has 0 unspecified atom stereocenters. The average molecular weight is 272 g/mol. The number of pyridine rings is 1. The van der Waals surface area contributed by atoms with Crippen LogP contribution in [0.1, 0.15) is 31.4 Å². The summed E-state index contributed by atoms with van der Waals surface area (Å²) in [6.07, 6.45) is 3.37. The topological polar surface area (TPSA) is 68.4 Å². The zero-order chi connectivity index (χ0) is 14.1. The van der Waals surface area contributed by atoms with Crippen molar-refractivity contribution in [2.24, 2.45) is 0 Å². The molecule has 1 aromatic heterocycles. The van der Waals surface area contributed by atoms with Crippen molar-refractivity contribution in [2.45, 2.75) is 44.8 Å². The van der Waals surface area contributed by atoms with Crippen LogP contribution >= 0.6 is 0 Å². The molecule has 0 spiro atoms. The maximum atomic E-state index is 9.55. The largest absolute Gasteiger partial charge is 0.490 e. The molecule has 20 heavy (non-hydrogen) atoms. The highest BCUT2D eigenvalue weighted by Crippen LogP contribution is 2.33. The summed E-state index contributed by atoms with van der Waals surface area (Å²) >= 11 is 0. The lowest BCUT2D eigenvalue weighted by Gasteiger charge is -2.26. The zero-order valence-electron chi connectivity index (χ0n) is 11.7. The number of aryl methyl sites for hydroxylation is 1. The number of aromatic nitrogens is 1. The third kappa shape index (κ3) is 2.56. The predicted octanol–water partition coefficient (Wildman–Crippen LogP) is 2.81. The van der Waals surface area contributed by atoms with Gasteiger partial charge in [0.15, 0.2) is 0 Å². The second kappa shape index (κ2) is 5.29. The first-order valence-corrected chi connectivity index (χ1v) is 7.14. The van der Waals surface area contributed by atoms with Crippen molar-refractivity contribution >= 4 is 16.6 Å². The number of fused-ring (bicyclic) bond motifs is 1. The highest BCUT2D eigenvalue weighted by molar-refractivity contribution is 5.95. The van der Waals surface area contributed by atoms with Crippen LogP contribution in [0.2, 0.25) is 0 Å². The Kier molecular flexibility index (Phi) is 3.49. The van der Waals surface area contributed by atoms with E-state index in [1.165, 1.54) is 0 Å². The Bertz CT molecular complexity index is 619. The molecule has 0 radical (unpaired) electrons. The number of nitrogens with zero attached hydrogens (tertiary/aromatic N) is 1. The highest BCUT2D eigenvalue weighted by atomic mass is 16.5. The number of ether oxygens (including phenoxy) is 1. The normalized spacial score (nSPS) is 22.9. The quantitative estimate of drug-likeness (QED) is 0.882. The van der Waals surface area contributed by atoms with Gasteiger partial charge in [0.1, 0.15) is 5.75 Å². The molecule has 0 aliphatic heterocycles. The van der Waals surface area contributed by atoms with Crippen molar-refractivity contribution in [2.75, 3.05) is 5.73 Å². The number of benzene rings is 1. The molecule has 106 valence electrons. The Morgan fingerprint density at radius 3 is 2.75 bits per heavy atom. The summed E-state index contributed by atoms with van der Waals surface area (Å²) in [6.45, 7) is 1.94. The fraction of sp³-hybridized carbons (Fsp3) is 0.438. The van der Waals surface area contributed by atoms with Crippen molar-refractivity contribution in [3.8, 4) is 5.75 Å². The first-order valence-electron chi connectivity index (χ1n) is 7.14. The van der Waals surface area contributed by atoms with Gasteiger partial charge in [0.05, 0.1) is 23.1 Å². The molecule has 1 aliphatic carbocycles. The lowest BCUT2D eigenvalue weighted by Crippen LogP contribution is -2.26. The number of anilines is 1. The number of aliphatic hydroxyl groups excluding tert-OH is 1. The van der Waals surface area contributed by atoms with Crippen LogP contribution in [-0.2, 0) is 0 Å². The van der Waals surface area contributed by atoms with Gasteiger partial charge in [-0.25, -0.2) is 0 Å². The van der Waals surface area contributed by atoms with Gasteiger partial charge in [-0.3, -0.25) is 4.98 Å². The van der Waals surface area contributed by atoms with Gasteiger partial charge >= 0.3 is 0 Å². The van der Waals surface area contributed by atoms with Gasteiger partial charge in [-0.05, 0) is 50.8 Å². The van der Waals surface area contributed by atoms with Crippen molar-refractivity contribution in [1.29, 1.82) is 0 Å². The number of aliphatic hydroxyl groups is 1. The van der Waals surface area contributed by atoms with Gasteiger partial charge in [0, 0.05) is 11.4 Å². The number of hydrogen-bond acceptors (Lipinski definition) is 4. The van der Waals surface area contributed by atoms with Gasteiger partial charge in [-0.2, -0.15) is 0 Å². The average Bonchev–Trinajstić information content (AvgIpc) is 2.41. The summed E-state index contributed by atoms with van der Waals surface area (Å²) in [5.74, 6) is 0.800. The Hall–Kier alpha value is -1.81. The van der Waals surface area contributed by atoms with Crippen LogP contribution < -0.4 is 10.5 Å². The molecule has 0 atom stereocenters. The van der Waals surface area contributed by atoms with Crippen LogP contribution in [0.15, 0.2) is 24.3 Å². The molecule has 1 saturated carbocycles. The molecule has 4 heteroatoms. The lowest BCUT2D eigenvalue weighted by molar-refractivity contribution is 0.0673. The maximum Gasteiger partial charge on any atom is 0.131 e. The minimum Gasteiger partial charge on any atom is -0.490 e. The van der Waals surface area contributed by atoms with Crippen LogP contribution in [0, 0.1) is 6.92 Å². The molecule has 1 fully saturated rings. The van der Waals surface area contributed by atoms with Crippen LogP contribution in [0.25, 0.3) is 10.9 Å². The third-order valence-electron chi connectivity index (χ3n) is 3.89. The Morgan fingerprint density at radius 1 is 1.25 bits per heavy atom. The van der Waals surface area contributed by atoms with E-state index >= 15 is 0 Å². The standard InChI is InChI=1S/C16H20N2O2/c1-10-9-13(17)16-14(18-10)3-2-4-15(16)20-12-7-5-11(19)6-8-12/h2-4,9,11-12,19H,5-8H2,1H3,(H2,17,18). The molecule has 0 amide bonds. The van der Waals surface area contributed by atoms with Crippen molar-refractivity contribution in [3.05, 3.63) is 30.0 Å². The summed E-state index contributed by atoms with van der Waals surface area (Å²) < 4.78 is 6.11. The van der Waals surface area contributed by atoms with Gasteiger partial charge in [-0.15, -0.1) is 0 Å². The zero-order valence-corrected chi connectivity index (χ0v) is 11.7. The SMILES string of the molecule is Cc1cc(N)c2c(OC3CCC(O)CC3)cccc2n1. The maximum absolute atomic E-state index is 9.55. The molecule has 1 aromatic carbocycles. The van der Waals surface area contributed by atoms with E-state index in [1.54, 1.807) is 0 Å². The van der Waals surface area contributed by atoms with Crippen LogP contribution in [0.5, 0.6) is 5.75 Å². The van der Waals surface area contributed by atoms with Gasteiger partial charge in [0.2, 0.25) is 0 Å². The van der Waals surface area contributed by atoms with Crippen LogP contribution in [0.3, 0.4) is 0 Å². The first-order chi connectivity index (χ1) is 9.63. The van der Waals surface area contributed by atoms with Crippen molar-refractivity contribution in [3.63, 3.8) is 0 Å². The van der Waals surface area contributed by atoms with Crippen LogP contribution in [-0.4, -0.2) is 22.3 Å². The summed E-state index contributed by atoms with van der Waals surface area (Å²) in [6, 6.07) is 7.72. The van der Waals surface area contributed by atoms with Crippen molar-refractivity contribution < 1.29 is 9.84 Å². The number of nitrogen functional groups attached to an aromatic ring is 1. The van der Waals surface area contributed by atoms with E-state index in [0.717, 1.165) is 48.0 Å². The third-order valence-corrected chi connectivity index (χ3v) is 3.89. The minimum absolute atomic E-state index is 0.157. The van der Waals surface area contributed by atoms with E-state index < -0.39 is 0 Å². The highest BCUT2D eigenvalue weighted by Gasteiger charge is 2.21. The smallest absolute Gasteiger partial charge is 0.131 e. The van der Waals surface area contributed by atoms with Gasteiger partial charge in [0.25, 0.3) is 0 Å². The van der Waals surface area contributed by atoms with E-state index in [1.807, 2.05) is 31.2 Å². The van der Waals surface area contributed by atoms with E-state index in [4.69, 9.17) is 10.5 Å². The number of hydrogen-bond donors (Lipinski definition) is 2. The molecular weight excluding hydrogens is 252 g/mol. The Balaban J connectivity index is 1.91. The van der Waals surface area contributed by atoms with Crippen molar-refractivity contribution in [1.82, 2.24) is 4.98 Å². The number of nitrogens with two attached hydrogens (primary N) is 1. The Labute approximate surface area is 118 Å². The van der Waals surface area contributed by atoms with E-state index in [9.17, 15) is 5.11 Å². The summed E-state index contributed by atoms with van der Waals surface area (Å²) in [5.41, 5.74) is 8.61. The molecule has 3 N–H and O–H groups in total. The predicted molar refractivity (Wildman–Crippen MR) is 79.8 cm³/mol. The summed E-state index contributed by atoms with van der Waals surface area (Å²) in [4.78, 5) is 4.50. The van der Waals surface area contributed by atoms with E-state index in [2.05, 4.69) is 4.98 Å². The summed E-state index contributed by atoms with van der Waals surface area (Å²) in [7, 11) is 0. The molecule has 4 nitrogen and oxygen atoms in total. The molecule has 1 heterocycles. The van der Waals surface area contributed by atoms with E-state index in [-0.39, 0.29) is 12.2 Å². The molecule has 0 bridgehead atoms. The van der Waals surface area contributed by atoms with Gasteiger partial charge in [-0.1, -0.05) is 6.07 Å². The monoisotopic (exact) mass is 272 g/mol. The van der Waals surface area contributed by atoms with Crippen LogP contribution in [0.4, 0.5) is 5.69 Å². The van der Waals surface area contributed by atoms with E-state index in [0.29, 0.717) is 5.69 Å². The fourth-order valence-electron chi connectivity index (χ4n) is 2.86. The summed E-state index contributed by atoms with van der Waals surface area (Å²) in [5, 5.41) is 10.4.